The van der Waals surface area contributed by atoms with Crippen LogP contribution in [0.5, 0.6) is 0 Å². The summed E-state index contributed by atoms with van der Waals surface area (Å²) in [5.74, 6) is 0.852. The molecule has 24 heavy (non-hydrogen) atoms. The van der Waals surface area contributed by atoms with Gasteiger partial charge < -0.3 is 14.4 Å². The maximum absolute atomic E-state index is 13.6. The van der Waals surface area contributed by atoms with E-state index in [9.17, 15) is 4.79 Å². The Morgan fingerprint density at radius 2 is 1.50 bits per heavy atom. The predicted molar refractivity (Wildman–Crippen MR) is 90.3 cm³/mol. The fourth-order valence-corrected chi connectivity index (χ4v) is 7.86. The highest BCUT2D eigenvalue weighted by atomic mass is 16.7. The van der Waals surface area contributed by atoms with Gasteiger partial charge in [-0.1, -0.05) is 13.8 Å². The van der Waals surface area contributed by atoms with Gasteiger partial charge in [0, 0.05) is 25.9 Å². The molecule has 0 aromatic carbocycles. The highest BCUT2D eigenvalue weighted by Crippen LogP contribution is 2.69. The summed E-state index contributed by atoms with van der Waals surface area (Å²) < 4.78 is 11.7. The van der Waals surface area contributed by atoms with E-state index in [-0.39, 0.29) is 11.2 Å². The lowest BCUT2D eigenvalue weighted by Gasteiger charge is -2.65. The smallest absolute Gasteiger partial charge is 0.228 e. The summed E-state index contributed by atoms with van der Waals surface area (Å²) in [5, 5.41) is 0. The first-order chi connectivity index (χ1) is 11.3. The highest BCUT2D eigenvalue weighted by Gasteiger charge is 2.63. The number of likely N-dealkylation sites (tertiary alicyclic amines) is 1. The van der Waals surface area contributed by atoms with Crippen LogP contribution in [0.1, 0.15) is 65.2 Å². The van der Waals surface area contributed by atoms with Gasteiger partial charge in [-0.05, 0) is 55.3 Å². The summed E-state index contributed by atoms with van der Waals surface area (Å²) in [7, 11) is 0. The largest absolute Gasteiger partial charge is 0.347 e. The van der Waals surface area contributed by atoms with Gasteiger partial charge in [0.25, 0.3) is 0 Å². The number of hydrogen-bond acceptors (Lipinski definition) is 3. The summed E-state index contributed by atoms with van der Waals surface area (Å²) in [6.07, 6.45) is 9.10. The molecule has 4 heteroatoms. The molecule has 6 fully saturated rings. The number of carbonyl (C=O) groups excluding carboxylic acids is 1. The van der Waals surface area contributed by atoms with Crippen LogP contribution in [-0.4, -0.2) is 42.9 Å². The predicted octanol–water partition coefficient (Wildman–Crippen LogP) is 3.35. The lowest BCUT2D eigenvalue weighted by molar-refractivity contribution is -0.200. The van der Waals surface area contributed by atoms with Gasteiger partial charge in [0.05, 0.1) is 18.6 Å². The van der Waals surface area contributed by atoms with E-state index in [0.717, 1.165) is 51.1 Å². The summed E-state index contributed by atoms with van der Waals surface area (Å²) in [6.45, 7) is 7.91. The van der Waals surface area contributed by atoms with Crippen LogP contribution < -0.4 is 0 Å². The molecule has 2 aliphatic heterocycles. The second-order valence-electron chi connectivity index (χ2n) is 10.3. The van der Waals surface area contributed by atoms with Crippen LogP contribution in [0.4, 0.5) is 0 Å². The third kappa shape index (κ3) is 2.21. The van der Waals surface area contributed by atoms with Crippen molar-refractivity contribution in [3.8, 4) is 0 Å². The molecule has 2 saturated heterocycles. The Bertz CT molecular complexity index is 539. The molecule has 2 heterocycles. The third-order valence-corrected chi connectivity index (χ3v) is 7.71. The van der Waals surface area contributed by atoms with Crippen molar-refractivity contribution in [2.45, 2.75) is 71.0 Å². The zero-order valence-corrected chi connectivity index (χ0v) is 15.2. The molecule has 1 amide bonds. The molecule has 0 radical (unpaired) electrons. The van der Waals surface area contributed by atoms with Crippen molar-refractivity contribution in [1.29, 1.82) is 0 Å². The number of ether oxygens (including phenoxy) is 2. The monoisotopic (exact) mass is 333 g/mol. The van der Waals surface area contributed by atoms with Crippen LogP contribution in [0.3, 0.4) is 0 Å². The molecule has 134 valence electrons. The molecule has 0 unspecified atom stereocenters. The average molecular weight is 333 g/mol. The van der Waals surface area contributed by atoms with Crippen molar-refractivity contribution < 1.29 is 14.3 Å². The van der Waals surface area contributed by atoms with Crippen LogP contribution in [0.15, 0.2) is 0 Å². The van der Waals surface area contributed by atoms with Gasteiger partial charge >= 0.3 is 0 Å². The molecule has 2 atom stereocenters. The quantitative estimate of drug-likeness (QED) is 0.739. The van der Waals surface area contributed by atoms with Crippen molar-refractivity contribution in [3.63, 3.8) is 0 Å². The van der Waals surface area contributed by atoms with E-state index in [2.05, 4.69) is 18.7 Å². The number of amides is 1. The number of hydrogen-bond donors (Lipinski definition) is 0. The van der Waals surface area contributed by atoms with Crippen molar-refractivity contribution in [2.24, 2.45) is 22.2 Å². The minimum absolute atomic E-state index is 0.0647. The average Bonchev–Trinajstić information content (AvgIpc) is 2.92. The van der Waals surface area contributed by atoms with Crippen molar-refractivity contribution in [2.75, 3.05) is 26.3 Å². The number of rotatable bonds is 1. The molecule has 0 N–H and O–H groups in total. The van der Waals surface area contributed by atoms with Gasteiger partial charge in [-0.2, -0.15) is 0 Å². The third-order valence-electron chi connectivity index (χ3n) is 7.71. The normalized spacial score (nSPS) is 49.1. The lowest BCUT2D eigenvalue weighted by Crippen LogP contribution is -2.61. The minimum Gasteiger partial charge on any atom is -0.347 e. The molecule has 0 aromatic heterocycles. The summed E-state index contributed by atoms with van der Waals surface area (Å²) in [4.78, 5) is 15.7. The van der Waals surface area contributed by atoms with Gasteiger partial charge in [0.15, 0.2) is 5.79 Å². The van der Waals surface area contributed by atoms with Gasteiger partial charge in [-0.25, -0.2) is 0 Å². The fourth-order valence-electron chi connectivity index (χ4n) is 7.86. The molecular formula is C20H31NO3. The van der Waals surface area contributed by atoms with E-state index in [4.69, 9.17) is 9.47 Å². The second-order valence-corrected chi connectivity index (χ2v) is 10.3. The fraction of sp³-hybridized carbons (Fsp3) is 0.950. The van der Waals surface area contributed by atoms with Crippen molar-refractivity contribution >= 4 is 5.91 Å². The van der Waals surface area contributed by atoms with Crippen LogP contribution in [0.2, 0.25) is 0 Å². The van der Waals surface area contributed by atoms with E-state index in [0.29, 0.717) is 30.0 Å². The van der Waals surface area contributed by atoms with Crippen molar-refractivity contribution in [1.82, 2.24) is 4.90 Å². The summed E-state index contributed by atoms with van der Waals surface area (Å²) >= 11 is 0. The summed E-state index contributed by atoms with van der Waals surface area (Å²) in [5.41, 5.74) is 0.738. The van der Waals surface area contributed by atoms with Gasteiger partial charge in [-0.15, -0.1) is 0 Å². The molecule has 4 aliphatic carbocycles. The van der Waals surface area contributed by atoms with E-state index in [1.807, 2.05) is 0 Å². The SMILES string of the molecule is C[C@@]12CC3CC(C(=O)N4CCC5(CC4)OCCO5)(C1)C[C@@](C)(C3)C2. The Kier molecular flexibility index (Phi) is 3.10. The van der Waals surface area contributed by atoms with Crippen LogP contribution >= 0.6 is 0 Å². The number of nitrogens with zero attached hydrogens (tertiary/aromatic N) is 1. The molecule has 1 spiro atoms. The Hall–Kier alpha value is -0.610. The number of carbonyl (C=O) groups is 1. The Morgan fingerprint density at radius 3 is 2.04 bits per heavy atom. The van der Waals surface area contributed by atoms with Gasteiger partial charge in [-0.3, -0.25) is 4.79 Å². The van der Waals surface area contributed by atoms with Crippen LogP contribution in [0, 0.1) is 22.2 Å². The molecule has 4 bridgehead atoms. The van der Waals surface area contributed by atoms with Crippen LogP contribution in [0.25, 0.3) is 0 Å². The molecule has 6 rings (SSSR count). The number of piperidine rings is 1. The van der Waals surface area contributed by atoms with E-state index < -0.39 is 0 Å². The second kappa shape index (κ2) is 4.76. The molecule has 6 aliphatic rings. The zero-order chi connectivity index (χ0) is 16.6. The maximum atomic E-state index is 13.6. The molecule has 4 saturated carbocycles. The molecule has 4 nitrogen and oxygen atoms in total. The van der Waals surface area contributed by atoms with E-state index in [1.54, 1.807) is 0 Å². The van der Waals surface area contributed by atoms with E-state index >= 15 is 0 Å². The molecule has 0 aromatic rings. The summed E-state index contributed by atoms with van der Waals surface area (Å²) in [6, 6.07) is 0. The standard InChI is InChI=1S/C20H31NO3/c1-17-9-15-10-18(2,12-17)14-19(11-15,13-17)16(22)21-5-3-20(4-6-21)23-7-8-24-20/h15H,3-14H2,1-2H3/t15?,17-,18-,19?/m0/s1. The highest BCUT2D eigenvalue weighted by molar-refractivity contribution is 5.83. The first-order valence-corrected chi connectivity index (χ1v) is 9.91. The first kappa shape index (κ1) is 15.6. The Morgan fingerprint density at radius 1 is 0.917 bits per heavy atom. The lowest BCUT2D eigenvalue weighted by atomic mass is 9.40. The van der Waals surface area contributed by atoms with Gasteiger partial charge in [0.2, 0.25) is 5.91 Å². The van der Waals surface area contributed by atoms with Crippen LogP contribution in [-0.2, 0) is 14.3 Å². The maximum Gasteiger partial charge on any atom is 0.228 e. The first-order valence-electron chi connectivity index (χ1n) is 9.91. The topological polar surface area (TPSA) is 38.8 Å². The molecular weight excluding hydrogens is 302 g/mol. The van der Waals surface area contributed by atoms with Gasteiger partial charge in [0.1, 0.15) is 0 Å². The Labute approximate surface area is 145 Å². The van der Waals surface area contributed by atoms with E-state index in [1.165, 1.54) is 19.3 Å². The Balaban J connectivity index is 1.36. The minimum atomic E-state index is -0.379. The zero-order valence-electron chi connectivity index (χ0n) is 15.2. The van der Waals surface area contributed by atoms with Crippen molar-refractivity contribution in [3.05, 3.63) is 0 Å².